The van der Waals surface area contributed by atoms with Crippen LogP contribution in [0.4, 0.5) is 5.69 Å². The fourth-order valence-electron chi connectivity index (χ4n) is 1.71. The van der Waals surface area contributed by atoms with Crippen molar-refractivity contribution in [3.8, 4) is 11.1 Å². The summed E-state index contributed by atoms with van der Waals surface area (Å²) >= 11 is -2.12. The summed E-state index contributed by atoms with van der Waals surface area (Å²) in [6.45, 7) is 1.99. The molecule has 0 aliphatic heterocycles. The van der Waals surface area contributed by atoms with Crippen molar-refractivity contribution in [1.82, 2.24) is 0 Å². The molecule has 6 nitrogen and oxygen atoms in total. The Bertz CT molecular complexity index is 620. The van der Waals surface area contributed by atoms with Gasteiger partial charge in [0, 0.05) is 11.3 Å². The van der Waals surface area contributed by atoms with Gasteiger partial charge in [-0.2, -0.15) is 0 Å². The van der Waals surface area contributed by atoms with E-state index in [1.807, 2.05) is 0 Å². The Hall–Kier alpha value is -2.12. The molecule has 0 radical (unpaired) electrons. The maximum atomic E-state index is 11.7. The van der Waals surface area contributed by atoms with Crippen molar-refractivity contribution in [2.45, 2.75) is 6.92 Å². The fraction of sp³-hybridized carbons (Fsp3) is 0.154. The lowest BCUT2D eigenvalue weighted by Gasteiger charge is -2.05. The molecular formula is C13H13NO5S. The second kappa shape index (κ2) is 6.36. The van der Waals surface area contributed by atoms with Crippen LogP contribution in [0.5, 0.6) is 0 Å². The molecule has 106 valence electrons. The number of ether oxygens (including phenoxy) is 1. The number of benzene rings is 1. The summed E-state index contributed by atoms with van der Waals surface area (Å²) in [5.41, 5.74) is 1.85. The third kappa shape index (κ3) is 3.25. The van der Waals surface area contributed by atoms with E-state index in [4.69, 9.17) is 13.7 Å². The molecule has 0 saturated carbocycles. The monoisotopic (exact) mass is 295 g/mol. The molecule has 1 aromatic heterocycles. The maximum absolute atomic E-state index is 11.7. The minimum absolute atomic E-state index is 0.137. The lowest BCUT2D eigenvalue weighted by atomic mass is 10.1. The number of hydrogen-bond acceptors (Lipinski definition) is 4. The van der Waals surface area contributed by atoms with E-state index in [9.17, 15) is 9.00 Å². The van der Waals surface area contributed by atoms with E-state index in [2.05, 4.69) is 4.72 Å². The molecule has 0 spiro atoms. The van der Waals surface area contributed by atoms with Gasteiger partial charge in [-0.15, -0.1) is 0 Å². The van der Waals surface area contributed by atoms with Crippen LogP contribution >= 0.6 is 0 Å². The summed E-state index contributed by atoms with van der Waals surface area (Å²) in [5, 5.41) is 0. The summed E-state index contributed by atoms with van der Waals surface area (Å²) in [4.78, 5) is 11.7. The number of esters is 1. The molecule has 1 unspecified atom stereocenters. The number of rotatable bonds is 5. The van der Waals surface area contributed by atoms with Crippen LogP contribution in [0.15, 0.2) is 41.0 Å². The largest absolute Gasteiger partial charge is 0.460 e. The Balaban J connectivity index is 2.26. The zero-order valence-corrected chi connectivity index (χ0v) is 11.5. The molecule has 2 rings (SSSR count). The first-order valence-corrected chi connectivity index (χ1v) is 6.95. The maximum Gasteiger partial charge on any atom is 0.374 e. The van der Waals surface area contributed by atoms with E-state index in [0.717, 1.165) is 5.56 Å². The predicted molar refractivity (Wildman–Crippen MR) is 74.5 cm³/mol. The van der Waals surface area contributed by atoms with Gasteiger partial charge in [0.1, 0.15) is 0 Å². The number of anilines is 1. The van der Waals surface area contributed by atoms with Crippen LogP contribution in [0.3, 0.4) is 0 Å². The number of hydrogen-bond donors (Lipinski definition) is 2. The Morgan fingerprint density at radius 3 is 2.65 bits per heavy atom. The van der Waals surface area contributed by atoms with Crippen LogP contribution in [0.25, 0.3) is 11.1 Å². The van der Waals surface area contributed by atoms with Crippen LogP contribution in [0.1, 0.15) is 17.5 Å². The van der Waals surface area contributed by atoms with E-state index >= 15 is 0 Å². The highest BCUT2D eigenvalue weighted by atomic mass is 32.2. The van der Waals surface area contributed by atoms with Crippen molar-refractivity contribution in [2.75, 3.05) is 11.3 Å². The van der Waals surface area contributed by atoms with Crippen LogP contribution < -0.4 is 4.72 Å². The molecule has 1 heterocycles. The van der Waals surface area contributed by atoms with Crippen molar-refractivity contribution >= 4 is 22.9 Å². The molecule has 7 heteroatoms. The molecule has 0 saturated heterocycles. The average molecular weight is 295 g/mol. The van der Waals surface area contributed by atoms with Gasteiger partial charge < -0.3 is 9.15 Å². The average Bonchev–Trinajstić information content (AvgIpc) is 2.88. The third-order valence-corrected chi connectivity index (χ3v) is 2.94. The van der Waals surface area contributed by atoms with Gasteiger partial charge in [-0.3, -0.25) is 9.27 Å². The molecule has 2 N–H and O–H groups in total. The van der Waals surface area contributed by atoms with Gasteiger partial charge in [-0.1, -0.05) is 12.1 Å². The van der Waals surface area contributed by atoms with Crippen LogP contribution in [-0.4, -0.2) is 21.3 Å². The lowest BCUT2D eigenvalue weighted by molar-refractivity contribution is 0.0491. The first-order valence-electron chi connectivity index (χ1n) is 5.84. The van der Waals surface area contributed by atoms with Crippen molar-refractivity contribution in [1.29, 1.82) is 0 Å². The molecule has 0 fully saturated rings. The molecule has 0 aliphatic rings. The molecule has 2 aromatic rings. The number of nitrogens with one attached hydrogen (secondary N) is 1. The SMILES string of the molecule is CCOC(=O)c1occc1-c1ccc(NS(=O)O)cc1. The standard InChI is InChI=1S/C13H13NO5S/c1-2-18-13(15)12-11(7-8-19-12)9-3-5-10(6-4-9)14-20(16)17/h3-8,14H,2H2,1H3,(H,16,17). The summed E-state index contributed by atoms with van der Waals surface area (Å²) in [5.74, 6) is -0.385. The zero-order chi connectivity index (χ0) is 14.5. The predicted octanol–water partition coefficient (Wildman–Crippen LogP) is 2.67. The zero-order valence-electron chi connectivity index (χ0n) is 10.7. The van der Waals surface area contributed by atoms with Gasteiger partial charge in [-0.25, -0.2) is 9.00 Å². The summed E-state index contributed by atoms with van der Waals surface area (Å²) in [6, 6.07) is 8.35. The molecule has 1 aromatic carbocycles. The van der Waals surface area contributed by atoms with E-state index < -0.39 is 17.2 Å². The normalized spacial score (nSPS) is 11.9. The number of carbonyl (C=O) groups is 1. The van der Waals surface area contributed by atoms with Crippen molar-refractivity contribution in [2.24, 2.45) is 0 Å². The second-order valence-electron chi connectivity index (χ2n) is 3.81. The van der Waals surface area contributed by atoms with E-state index in [0.29, 0.717) is 11.3 Å². The first-order chi connectivity index (χ1) is 9.61. The highest BCUT2D eigenvalue weighted by molar-refractivity contribution is 7.80. The van der Waals surface area contributed by atoms with E-state index in [1.165, 1.54) is 6.26 Å². The Kier molecular flexibility index (Phi) is 4.54. The minimum atomic E-state index is -2.12. The van der Waals surface area contributed by atoms with Gasteiger partial charge in [0.15, 0.2) is 0 Å². The van der Waals surface area contributed by atoms with Crippen LogP contribution in [0, 0.1) is 0 Å². The fourth-order valence-corrected chi connectivity index (χ4v) is 2.05. The van der Waals surface area contributed by atoms with Crippen molar-refractivity contribution in [3.63, 3.8) is 0 Å². The third-order valence-electron chi connectivity index (χ3n) is 2.53. The summed E-state index contributed by atoms with van der Waals surface area (Å²) in [6.07, 6.45) is 1.41. The molecule has 20 heavy (non-hydrogen) atoms. The highest BCUT2D eigenvalue weighted by Gasteiger charge is 2.17. The Morgan fingerprint density at radius 1 is 1.35 bits per heavy atom. The molecule has 0 aliphatic carbocycles. The molecule has 1 atom stereocenters. The van der Waals surface area contributed by atoms with Gasteiger partial charge in [0.25, 0.3) is 11.3 Å². The molecule has 0 bridgehead atoms. The highest BCUT2D eigenvalue weighted by Crippen LogP contribution is 2.26. The summed E-state index contributed by atoms with van der Waals surface area (Å²) < 4.78 is 31.7. The Morgan fingerprint density at radius 2 is 2.05 bits per heavy atom. The number of carbonyl (C=O) groups excluding carboxylic acids is 1. The topological polar surface area (TPSA) is 88.8 Å². The first kappa shape index (κ1) is 14.3. The summed E-state index contributed by atoms with van der Waals surface area (Å²) in [7, 11) is 0. The van der Waals surface area contributed by atoms with E-state index in [1.54, 1.807) is 37.3 Å². The van der Waals surface area contributed by atoms with Crippen LogP contribution in [-0.2, 0) is 16.0 Å². The molecule has 0 amide bonds. The minimum Gasteiger partial charge on any atom is -0.460 e. The van der Waals surface area contributed by atoms with Crippen molar-refractivity contribution < 1.29 is 22.7 Å². The Labute approximate surface area is 118 Å². The quantitative estimate of drug-likeness (QED) is 0.654. The van der Waals surface area contributed by atoms with Gasteiger partial charge >= 0.3 is 5.97 Å². The molecular weight excluding hydrogens is 282 g/mol. The van der Waals surface area contributed by atoms with Crippen LogP contribution in [0.2, 0.25) is 0 Å². The van der Waals surface area contributed by atoms with Gasteiger partial charge in [0.2, 0.25) is 5.76 Å². The second-order valence-corrected chi connectivity index (χ2v) is 4.51. The lowest BCUT2D eigenvalue weighted by Crippen LogP contribution is -2.04. The van der Waals surface area contributed by atoms with Gasteiger partial charge in [0.05, 0.1) is 12.9 Å². The number of furan rings is 1. The van der Waals surface area contributed by atoms with Gasteiger partial charge in [-0.05, 0) is 30.7 Å². The van der Waals surface area contributed by atoms with Crippen molar-refractivity contribution in [3.05, 3.63) is 42.4 Å². The van der Waals surface area contributed by atoms with E-state index in [-0.39, 0.29) is 12.4 Å². The smallest absolute Gasteiger partial charge is 0.374 e.